The fraction of sp³-hybridized carbons (Fsp3) is 0.174. The molecular formula is C23H20FN5O2. The zero-order chi connectivity index (χ0) is 21.2. The Morgan fingerprint density at radius 2 is 1.84 bits per heavy atom. The van der Waals surface area contributed by atoms with Crippen molar-refractivity contribution in [3.05, 3.63) is 78.6 Å². The number of hydrogen-bond donors (Lipinski definition) is 1. The van der Waals surface area contributed by atoms with Crippen molar-refractivity contribution in [1.82, 2.24) is 14.9 Å². The lowest BCUT2D eigenvalue weighted by atomic mass is 10.2. The van der Waals surface area contributed by atoms with E-state index in [1.807, 2.05) is 18.2 Å². The second-order valence-corrected chi connectivity index (χ2v) is 7.29. The van der Waals surface area contributed by atoms with E-state index in [4.69, 9.17) is 4.42 Å². The third-order valence-electron chi connectivity index (χ3n) is 5.32. The molecule has 7 nitrogen and oxygen atoms in total. The molecule has 0 radical (unpaired) electrons. The first kappa shape index (κ1) is 19.0. The van der Waals surface area contributed by atoms with Gasteiger partial charge >= 0.3 is 0 Å². The number of furan rings is 1. The Morgan fingerprint density at radius 3 is 2.58 bits per heavy atom. The average Bonchev–Trinajstić information content (AvgIpc) is 3.30. The number of pyridine rings is 2. The highest BCUT2D eigenvalue weighted by atomic mass is 19.1. The molecule has 1 fully saturated rings. The lowest BCUT2D eigenvalue weighted by molar-refractivity contribution is 0.0741. The van der Waals surface area contributed by atoms with Crippen molar-refractivity contribution in [2.24, 2.45) is 0 Å². The van der Waals surface area contributed by atoms with Gasteiger partial charge in [0, 0.05) is 44.1 Å². The summed E-state index contributed by atoms with van der Waals surface area (Å²) in [5, 5.41) is 3.91. The molecule has 0 unspecified atom stereocenters. The van der Waals surface area contributed by atoms with E-state index in [1.165, 1.54) is 12.1 Å². The van der Waals surface area contributed by atoms with Gasteiger partial charge in [0.2, 0.25) is 0 Å². The highest BCUT2D eigenvalue weighted by Gasteiger charge is 2.25. The van der Waals surface area contributed by atoms with Crippen LogP contribution in [0.1, 0.15) is 10.5 Å². The van der Waals surface area contributed by atoms with Crippen LogP contribution in [0, 0.1) is 5.82 Å². The van der Waals surface area contributed by atoms with Crippen LogP contribution in [0.25, 0.3) is 11.0 Å². The molecule has 1 aliphatic rings. The van der Waals surface area contributed by atoms with Gasteiger partial charge in [-0.25, -0.2) is 14.4 Å². The Morgan fingerprint density at radius 1 is 1.03 bits per heavy atom. The molecule has 0 aliphatic carbocycles. The summed E-state index contributed by atoms with van der Waals surface area (Å²) in [7, 11) is 0. The minimum atomic E-state index is -0.319. The van der Waals surface area contributed by atoms with Crippen molar-refractivity contribution in [1.29, 1.82) is 0 Å². The van der Waals surface area contributed by atoms with Gasteiger partial charge in [0.1, 0.15) is 28.7 Å². The fourth-order valence-corrected chi connectivity index (χ4v) is 3.68. The van der Waals surface area contributed by atoms with E-state index in [-0.39, 0.29) is 11.7 Å². The monoisotopic (exact) mass is 417 g/mol. The van der Waals surface area contributed by atoms with Crippen LogP contribution in [0.5, 0.6) is 0 Å². The summed E-state index contributed by atoms with van der Waals surface area (Å²) in [6.45, 7) is 2.56. The van der Waals surface area contributed by atoms with E-state index in [1.54, 1.807) is 41.6 Å². The molecule has 1 saturated heterocycles. The normalized spacial score (nSPS) is 14.1. The lowest BCUT2D eigenvalue weighted by Gasteiger charge is -2.35. The Hall–Kier alpha value is -3.94. The summed E-state index contributed by atoms with van der Waals surface area (Å²) in [6, 6.07) is 15.2. The maximum absolute atomic E-state index is 13.2. The molecule has 1 aromatic carbocycles. The Labute approximate surface area is 178 Å². The number of halogens is 1. The minimum Gasteiger partial charge on any atom is -0.464 e. The van der Waals surface area contributed by atoms with Crippen LogP contribution < -0.4 is 10.2 Å². The highest BCUT2D eigenvalue weighted by molar-refractivity contribution is 5.99. The van der Waals surface area contributed by atoms with Crippen molar-refractivity contribution in [3.8, 4) is 0 Å². The van der Waals surface area contributed by atoms with Gasteiger partial charge in [-0.3, -0.25) is 4.79 Å². The summed E-state index contributed by atoms with van der Waals surface area (Å²) < 4.78 is 18.8. The molecule has 156 valence electrons. The zero-order valence-corrected chi connectivity index (χ0v) is 16.7. The van der Waals surface area contributed by atoms with Gasteiger partial charge in [-0.05, 0) is 42.5 Å². The topological polar surface area (TPSA) is 74.5 Å². The molecule has 4 heterocycles. The molecule has 1 amide bonds. The smallest absolute Gasteiger partial charge is 0.272 e. The Kier molecular flexibility index (Phi) is 4.95. The van der Waals surface area contributed by atoms with E-state index in [0.717, 1.165) is 11.2 Å². The van der Waals surface area contributed by atoms with Crippen LogP contribution in [-0.4, -0.2) is 47.0 Å². The first-order valence-corrected chi connectivity index (χ1v) is 10.0. The number of aromatic nitrogens is 2. The standard InChI is InChI=1S/C23H20FN5O2/c24-16-4-6-17(7-5-16)26-22-18-8-14-31-20(18)15-19(27-22)23(30)29-12-10-28(11-13-29)21-3-1-2-9-25-21/h1-9,14-15H,10-13H2,(H,26,27). The first-order valence-electron chi connectivity index (χ1n) is 10.0. The van der Waals surface area contributed by atoms with Gasteiger partial charge in [0.25, 0.3) is 5.91 Å². The van der Waals surface area contributed by atoms with E-state index < -0.39 is 0 Å². The van der Waals surface area contributed by atoms with E-state index >= 15 is 0 Å². The van der Waals surface area contributed by atoms with Gasteiger partial charge in [-0.1, -0.05) is 6.07 Å². The quantitative estimate of drug-likeness (QED) is 0.540. The zero-order valence-electron chi connectivity index (χ0n) is 16.7. The van der Waals surface area contributed by atoms with Gasteiger partial charge in [-0.15, -0.1) is 0 Å². The summed E-state index contributed by atoms with van der Waals surface area (Å²) >= 11 is 0. The molecule has 3 aromatic heterocycles. The van der Waals surface area contributed by atoms with Crippen molar-refractivity contribution < 1.29 is 13.6 Å². The number of nitrogens with zero attached hydrogens (tertiary/aromatic N) is 4. The van der Waals surface area contributed by atoms with Gasteiger partial charge in [0.15, 0.2) is 0 Å². The summed E-state index contributed by atoms with van der Waals surface area (Å²) in [5.74, 6) is 0.936. The number of carbonyl (C=O) groups is 1. The van der Waals surface area contributed by atoms with Crippen LogP contribution in [0.3, 0.4) is 0 Å². The lowest BCUT2D eigenvalue weighted by Crippen LogP contribution is -2.49. The largest absolute Gasteiger partial charge is 0.464 e. The number of carbonyl (C=O) groups excluding carboxylic acids is 1. The number of fused-ring (bicyclic) bond motifs is 1. The minimum absolute atomic E-state index is 0.152. The summed E-state index contributed by atoms with van der Waals surface area (Å²) in [5.41, 5.74) is 1.54. The predicted octanol–water partition coefficient (Wildman–Crippen LogP) is 4.07. The third kappa shape index (κ3) is 3.92. The first-order chi connectivity index (χ1) is 15.2. The summed E-state index contributed by atoms with van der Waals surface area (Å²) in [4.78, 5) is 26.1. The maximum atomic E-state index is 13.2. The second kappa shape index (κ2) is 8.06. The van der Waals surface area contributed by atoms with Crippen LogP contribution >= 0.6 is 0 Å². The highest BCUT2D eigenvalue weighted by Crippen LogP contribution is 2.27. The van der Waals surface area contributed by atoms with Crippen LogP contribution in [0.4, 0.5) is 21.7 Å². The van der Waals surface area contributed by atoms with E-state index in [0.29, 0.717) is 49.0 Å². The van der Waals surface area contributed by atoms with Gasteiger partial charge < -0.3 is 19.5 Å². The van der Waals surface area contributed by atoms with Crippen molar-refractivity contribution in [3.63, 3.8) is 0 Å². The molecule has 5 rings (SSSR count). The molecule has 4 aromatic rings. The molecule has 31 heavy (non-hydrogen) atoms. The SMILES string of the molecule is O=C(c1cc2occc2c(Nc2ccc(F)cc2)n1)N1CCN(c2ccccn2)CC1. The predicted molar refractivity (Wildman–Crippen MR) is 116 cm³/mol. The molecule has 0 spiro atoms. The van der Waals surface area contributed by atoms with Crippen LogP contribution in [0.2, 0.25) is 0 Å². The molecule has 0 atom stereocenters. The van der Waals surface area contributed by atoms with Crippen molar-refractivity contribution >= 4 is 34.2 Å². The molecular weight excluding hydrogens is 397 g/mol. The molecule has 1 N–H and O–H groups in total. The molecule has 1 aliphatic heterocycles. The Bertz CT molecular complexity index is 1200. The van der Waals surface area contributed by atoms with Gasteiger partial charge in [-0.2, -0.15) is 0 Å². The van der Waals surface area contributed by atoms with Crippen molar-refractivity contribution in [2.45, 2.75) is 0 Å². The maximum Gasteiger partial charge on any atom is 0.272 e. The fourth-order valence-electron chi connectivity index (χ4n) is 3.68. The van der Waals surface area contributed by atoms with Gasteiger partial charge in [0.05, 0.1) is 11.6 Å². The Balaban J connectivity index is 1.36. The number of benzene rings is 1. The van der Waals surface area contributed by atoms with E-state index in [2.05, 4.69) is 20.2 Å². The number of amides is 1. The number of hydrogen-bond acceptors (Lipinski definition) is 6. The van der Waals surface area contributed by atoms with Crippen molar-refractivity contribution in [2.75, 3.05) is 36.4 Å². The summed E-state index contributed by atoms with van der Waals surface area (Å²) in [6.07, 6.45) is 3.33. The number of rotatable bonds is 4. The number of nitrogens with one attached hydrogen (secondary N) is 1. The van der Waals surface area contributed by atoms with Crippen LogP contribution in [-0.2, 0) is 0 Å². The molecule has 0 bridgehead atoms. The number of piperazine rings is 1. The second-order valence-electron chi connectivity index (χ2n) is 7.29. The molecule has 0 saturated carbocycles. The number of anilines is 3. The third-order valence-corrected chi connectivity index (χ3v) is 5.32. The average molecular weight is 417 g/mol. The molecule has 8 heteroatoms. The van der Waals surface area contributed by atoms with E-state index in [9.17, 15) is 9.18 Å². The van der Waals surface area contributed by atoms with Crippen LogP contribution in [0.15, 0.2) is 71.5 Å².